The maximum absolute atomic E-state index is 13.1. The summed E-state index contributed by atoms with van der Waals surface area (Å²) in [7, 11) is 1.14. The summed E-state index contributed by atoms with van der Waals surface area (Å²) in [5.74, 6) is 0.839. The first-order valence-corrected chi connectivity index (χ1v) is 16.5. The van der Waals surface area contributed by atoms with E-state index in [-0.39, 0.29) is 16.5 Å². The van der Waals surface area contributed by atoms with E-state index in [1.54, 1.807) is 32.4 Å². The van der Waals surface area contributed by atoms with Gasteiger partial charge in [-0.2, -0.15) is 5.10 Å². The number of aromatic amines is 1. The monoisotopic (exact) mass is 558 g/mol. The molecule has 8 nitrogen and oxygen atoms in total. The number of nitrogens with zero attached hydrogens (tertiary/aromatic N) is 2. The Morgan fingerprint density at radius 1 is 1.00 bits per heavy atom. The summed E-state index contributed by atoms with van der Waals surface area (Å²) >= 11 is 0. The number of pyridine rings is 1. The third-order valence-corrected chi connectivity index (χ3v) is 12.7. The molecule has 1 aliphatic carbocycles. The van der Waals surface area contributed by atoms with Crippen LogP contribution in [0.4, 0.5) is 5.69 Å². The molecule has 2 heterocycles. The first-order chi connectivity index (χ1) is 18.9. The van der Waals surface area contributed by atoms with Gasteiger partial charge in [0.15, 0.2) is 14.0 Å². The lowest BCUT2D eigenvalue weighted by Gasteiger charge is -2.39. The quantitative estimate of drug-likeness (QED) is 0.222. The molecule has 5 rings (SSSR count). The van der Waals surface area contributed by atoms with Crippen molar-refractivity contribution in [2.75, 3.05) is 19.5 Å². The van der Waals surface area contributed by atoms with E-state index in [0.717, 1.165) is 46.4 Å². The third-order valence-electron chi connectivity index (χ3n) is 8.20. The number of methoxy groups -OCH3 is 2. The van der Waals surface area contributed by atoms with Crippen LogP contribution in [-0.4, -0.2) is 43.6 Å². The molecule has 0 saturated heterocycles. The Labute approximate surface area is 236 Å². The average Bonchev–Trinajstić information content (AvgIpc) is 3.55. The van der Waals surface area contributed by atoms with Crippen molar-refractivity contribution in [2.24, 2.45) is 0 Å². The molecule has 1 aliphatic rings. The van der Waals surface area contributed by atoms with Crippen molar-refractivity contribution in [3.63, 3.8) is 0 Å². The molecule has 2 aromatic carbocycles. The van der Waals surface area contributed by atoms with Gasteiger partial charge in [0, 0.05) is 28.3 Å². The molecule has 210 valence electrons. The number of hydrogen-bond acceptors (Lipinski definition) is 6. The van der Waals surface area contributed by atoms with Gasteiger partial charge >= 0.3 is 0 Å². The minimum absolute atomic E-state index is 0.122. The number of benzene rings is 2. The number of fused-ring (bicyclic) bond motifs is 1. The fraction of sp³-hybridized carbons (Fsp3) is 0.387. The fourth-order valence-electron chi connectivity index (χ4n) is 4.66. The van der Waals surface area contributed by atoms with Crippen LogP contribution in [0.1, 0.15) is 55.2 Å². The number of carbonyl (C=O) groups excluding carboxylic acids is 1. The highest BCUT2D eigenvalue weighted by Gasteiger charge is 2.54. The van der Waals surface area contributed by atoms with E-state index in [4.69, 9.17) is 24.0 Å². The lowest BCUT2D eigenvalue weighted by molar-refractivity contribution is 0.102. The van der Waals surface area contributed by atoms with E-state index in [2.05, 4.69) is 50.3 Å². The van der Waals surface area contributed by atoms with Crippen LogP contribution in [0.2, 0.25) is 18.1 Å². The molecular formula is C31H38N4O4Si. The van der Waals surface area contributed by atoms with Crippen LogP contribution in [0.25, 0.3) is 22.3 Å². The van der Waals surface area contributed by atoms with Crippen molar-refractivity contribution < 1.29 is 18.7 Å². The minimum Gasteiger partial charge on any atom is -0.497 e. The maximum atomic E-state index is 13.1. The summed E-state index contributed by atoms with van der Waals surface area (Å²) in [6.07, 6.45) is 1.95. The number of H-pyrrole nitrogens is 1. The molecule has 2 N–H and O–H groups in total. The molecule has 0 spiro atoms. The maximum Gasteiger partial charge on any atom is 0.255 e. The van der Waals surface area contributed by atoms with Crippen molar-refractivity contribution >= 4 is 30.9 Å². The largest absolute Gasteiger partial charge is 0.497 e. The molecule has 40 heavy (non-hydrogen) atoms. The highest BCUT2D eigenvalue weighted by Crippen LogP contribution is 2.55. The highest BCUT2D eigenvalue weighted by atomic mass is 28.4. The standard InChI is InChI=1S/C31H38N4O4Si/c1-19-9-10-21(32-29(36)20-15-22(37-5)18-23(16-20)38-6)17-25(19)26-12-11-24-27(34-35-28(24)33-26)31(13-14-31)39-40(7,8)30(2,3)4/h9-12,15-18H,13-14H2,1-8H3,(H,32,36)(H,33,34,35). The zero-order valence-corrected chi connectivity index (χ0v) is 25.6. The Hall–Kier alpha value is -3.69. The number of aromatic nitrogens is 3. The summed E-state index contributed by atoms with van der Waals surface area (Å²) in [5, 5.41) is 12.0. The Kier molecular flexibility index (Phi) is 7.00. The molecule has 0 atom stereocenters. The molecule has 4 aromatic rings. The van der Waals surface area contributed by atoms with Gasteiger partial charge in [0.25, 0.3) is 5.91 Å². The molecule has 9 heteroatoms. The SMILES string of the molecule is COc1cc(OC)cc(C(=O)Nc2ccc(C)c(-c3ccc4c(C5(O[Si](C)(C)C(C)(C)C)CC5)n[nH]c4n3)c2)c1. The number of anilines is 1. The van der Waals surface area contributed by atoms with Gasteiger partial charge in [0.05, 0.1) is 19.9 Å². The number of carbonyl (C=O) groups is 1. The Morgan fingerprint density at radius 2 is 1.68 bits per heavy atom. The van der Waals surface area contributed by atoms with Crippen LogP contribution >= 0.6 is 0 Å². The van der Waals surface area contributed by atoms with Crippen LogP contribution in [0, 0.1) is 6.92 Å². The molecule has 0 unspecified atom stereocenters. The summed E-state index contributed by atoms with van der Waals surface area (Å²) in [6.45, 7) is 13.4. The van der Waals surface area contributed by atoms with Crippen LogP contribution in [-0.2, 0) is 10.0 Å². The average molecular weight is 559 g/mol. The summed E-state index contributed by atoms with van der Waals surface area (Å²) in [6, 6.07) is 15.0. The van der Waals surface area contributed by atoms with E-state index in [0.29, 0.717) is 22.7 Å². The van der Waals surface area contributed by atoms with E-state index in [9.17, 15) is 4.79 Å². The Balaban J connectivity index is 1.42. The first kappa shape index (κ1) is 27.9. The normalized spacial score (nSPS) is 14.7. The van der Waals surface area contributed by atoms with Crippen molar-refractivity contribution in [3.05, 3.63) is 65.4 Å². The number of nitrogens with one attached hydrogen (secondary N) is 2. The summed E-state index contributed by atoms with van der Waals surface area (Å²) < 4.78 is 17.5. The number of amides is 1. The summed E-state index contributed by atoms with van der Waals surface area (Å²) in [5.41, 5.74) is 5.25. The molecule has 1 fully saturated rings. The van der Waals surface area contributed by atoms with Gasteiger partial charge in [-0.15, -0.1) is 0 Å². The first-order valence-electron chi connectivity index (χ1n) is 13.6. The fourth-order valence-corrected chi connectivity index (χ4v) is 6.25. The van der Waals surface area contributed by atoms with Crippen molar-refractivity contribution in [3.8, 4) is 22.8 Å². The highest BCUT2D eigenvalue weighted by molar-refractivity contribution is 6.74. The molecule has 0 radical (unpaired) electrons. The zero-order valence-electron chi connectivity index (χ0n) is 24.6. The third kappa shape index (κ3) is 5.23. The Bertz CT molecular complexity index is 1560. The van der Waals surface area contributed by atoms with Gasteiger partial charge in [-0.05, 0) is 79.9 Å². The van der Waals surface area contributed by atoms with Gasteiger partial charge in [-0.3, -0.25) is 9.89 Å². The second-order valence-corrected chi connectivity index (χ2v) is 16.8. The van der Waals surface area contributed by atoms with Crippen LogP contribution in [0.3, 0.4) is 0 Å². The lowest BCUT2D eigenvalue weighted by atomic mass is 10.0. The number of ether oxygens (including phenoxy) is 2. The minimum atomic E-state index is -1.97. The van der Waals surface area contributed by atoms with E-state index < -0.39 is 8.32 Å². The molecular weight excluding hydrogens is 520 g/mol. The number of rotatable bonds is 8. The van der Waals surface area contributed by atoms with Crippen LogP contribution in [0.5, 0.6) is 11.5 Å². The lowest BCUT2D eigenvalue weighted by Crippen LogP contribution is -2.44. The second-order valence-electron chi connectivity index (χ2n) is 12.1. The predicted octanol–water partition coefficient (Wildman–Crippen LogP) is 7.21. The van der Waals surface area contributed by atoms with Gasteiger partial charge in [0.2, 0.25) is 0 Å². The van der Waals surface area contributed by atoms with E-state index in [1.807, 2.05) is 31.2 Å². The molecule has 1 saturated carbocycles. The molecule has 1 amide bonds. The predicted molar refractivity (Wildman–Crippen MR) is 161 cm³/mol. The van der Waals surface area contributed by atoms with E-state index in [1.165, 1.54) is 0 Å². The van der Waals surface area contributed by atoms with Gasteiger partial charge in [0.1, 0.15) is 22.8 Å². The van der Waals surface area contributed by atoms with Gasteiger partial charge in [-0.25, -0.2) is 4.98 Å². The van der Waals surface area contributed by atoms with Crippen LogP contribution in [0.15, 0.2) is 48.5 Å². The van der Waals surface area contributed by atoms with Crippen molar-refractivity contribution in [1.82, 2.24) is 15.2 Å². The zero-order chi connectivity index (χ0) is 28.9. The second kappa shape index (κ2) is 10.0. The molecule has 0 bridgehead atoms. The molecule has 0 aliphatic heterocycles. The van der Waals surface area contributed by atoms with Crippen LogP contribution < -0.4 is 14.8 Å². The molecule has 2 aromatic heterocycles. The topological polar surface area (TPSA) is 98.4 Å². The van der Waals surface area contributed by atoms with Gasteiger partial charge in [-0.1, -0.05) is 26.8 Å². The van der Waals surface area contributed by atoms with Crippen molar-refractivity contribution in [2.45, 2.75) is 64.3 Å². The van der Waals surface area contributed by atoms with Gasteiger partial charge < -0.3 is 19.2 Å². The summed E-state index contributed by atoms with van der Waals surface area (Å²) in [4.78, 5) is 18.0. The van der Waals surface area contributed by atoms with Crippen molar-refractivity contribution in [1.29, 1.82) is 0 Å². The number of aryl methyl sites for hydroxylation is 1. The Morgan fingerprint density at radius 3 is 2.27 bits per heavy atom. The number of hydrogen-bond donors (Lipinski definition) is 2. The smallest absolute Gasteiger partial charge is 0.255 e. The van der Waals surface area contributed by atoms with E-state index >= 15 is 0 Å².